The van der Waals surface area contributed by atoms with Crippen molar-refractivity contribution in [1.29, 1.82) is 0 Å². The second-order valence-electron chi connectivity index (χ2n) is 4.84. The van der Waals surface area contributed by atoms with Crippen LogP contribution in [0.2, 0.25) is 0 Å². The number of nitrogens with one attached hydrogen (secondary N) is 2. The van der Waals surface area contributed by atoms with Crippen LogP contribution < -0.4 is 15.8 Å². The van der Waals surface area contributed by atoms with Gasteiger partial charge in [0.1, 0.15) is 5.66 Å². The third kappa shape index (κ3) is 2.17. The molecular formula is C16H17N3S. The predicted molar refractivity (Wildman–Crippen MR) is 86.2 cm³/mol. The summed E-state index contributed by atoms with van der Waals surface area (Å²) in [6, 6.07) is 20.4. The topological polar surface area (TPSA) is 27.3 Å². The quantitative estimate of drug-likeness (QED) is 0.846. The zero-order chi connectivity index (χ0) is 14.0. The van der Waals surface area contributed by atoms with Crippen LogP contribution >= 0.6 is 12.2 Å². The maximum atomic E-state index is 5.49. The maximum Gasteiger partial charge on any atom is 0.190 e. The highest BCUT2D eigenvalue weighted by Crippen LogP contribution is 2.29. The van der Waals surface area contributed by atoms with Gasteiger partial charge < -0.3 is 5.32 Å². The third-order valence-corrected chi connectivity index (χ3v) is 3.92. The zero-order valence-corrected chi connectivity index (χ0v) is 12.2. The molecule has 2 N–H and O–H groups in total. The van der Waals surface area contributed by atoms with Crippen LogP contribution in [-0.2, 0) is 5.66 Å². The number of rotatable bonds is 3. The lowest BCUT2D eigenvalue weighted by molar-refractivity contribution is 0.337. The van der Waals surface area contributed by atoms with E-state index >= 15 is 0 Å². The molecule has 0 spiro atoms. The molecule has 3 rings (SSSR count). The minimum atomic E-state index is -0.339. The van der Waals surface area contributed by atoms with E-state index in [2.05, 4.69) is 29.8 Å². The van der Waals surface area contributed by atoms with Gasteiger partial charge in [-0.1, -0.05) is 55.5 Å². The summed E-state index contributed by atoms with van der Waals surface area (Å²) in [7, 11) is 0. The van der Waals surface area contributed by atoms with Crippen molar-refractivity contribution in [2.24, 2.45) is 0 Å². The fraction of sp³-hybridized carbons (Fsp3) is 0.188. The van der Waals surface area contributed by atoms with E-state index in [0.717, 1.165) is 12.1 Å². The molecule has 0 saturated carbocycles. The van der Waals surface area contributed by atoms with Gasteiger partial charge >= 0.3 is 0 Å². The summed E-state index contributed by atoms with van der Waals surface area (Å²) in [5.74, 6) is 0. The van der Waals surface area contributed by atoms with Gasteiger partial charge in [-0.25, -0.2) is 5.01 Å². The second kappa shape index (κ2) is 5.23. The zero-order valence-electron chi connectivity index (χ0n) is 11.3. The van der Waals surface area contributed by atoms with E-state index in [1.807, 2.05) is 53.5 Å². The molecule has 0 radical (unpaired) electrons. The van der Waals surface area contributed by atoms with Crippen molar-refractivity contribution >= 4 is 23.0 Å². The smallest absolute Gasteiger partial charge is 0.190 e. The van der Waals surface area contributed by atoms with Gasteiger partial charge in [-0.15, -0.1) is 0 Å². The van der Waals surface area contributed by atoms with E-state index in [4.69, 9.17) is 12.2 Å². The highest BCUT2D eigenvalue weighted by atomic mass is 32.1. The molecule has 0 aliphatic carbocycles. The largest absolute Gasteiger partial charge is 0.338 e. The number of anilines is 1. The van der Waals surface area contributed by atoms with Crippen molar-refractivity contribution in [1.82, 2.24) is 10.7 Å². The molecule has 20 heavy (non-hydrogen) atoms. The Bertz CT molecular complexity index is 600. The van der Waals surface area contributed by atoms with Crippen LogP contribution in [0.3, 0.4) is 0 Å². The van der Waals surface area contributed by atoms with E-state index in [0.29, 0.717) is 5.11 Å². The fourth-order valence-corrected chi connectivity index (χ4v) is 2.82. The van der Waals surface area contributed by atoms with Crippen molar-refractivity contribution in [2.75, 3.05) is 5.01 Å². The first-order valence-electron chi connectivity index (χ1n) is 6.76. The number of benzene rings is 2. The van der Waals surface area contributed by atoms with Gasteiger partial charge in [0.15, 0.2) is 5.11 Å². The van der Waals surface area contributed by atoms with E-state index in [1.54, 1.807) is 0 Å². The molecule has 1 atom stereocenters. The molecule has 1 aliphatic rings. The Labute approximate surface area is 124 Å². The highest BCUT2D eigenvalue weighted by Gasteiger charge is 2.40. The molecule has 0 bridgehead atoms. The first-order chi connectivity index (χ1) is 9.75. The molecule has 2 aromatic carbocycles. The molecule has 1 aliphatic heterocycles. The number of hydrogen-bond acceptors (Lipinski definition) is 2. The minimum absolute atomic E-state index is 0.339. The van der Waals surface area contributed by atoms with Crippen molar-refractivity contribution in [3.63, 3.8) is 0 Å². The molecule has 1 heterocycles. The summed E-state index contributed by atoms with van der Waals surface area (Å²) < 4.78 is 0. The number of thiocarbonyl (C=S) groups is 1. The Balaban J connectivity index is 1.96. The normalized spacial score (nSPS) is 21.9. The van der Waals surface area contributed by atoms with Gasteiger partial charge in [-0.2, -0.15) is 5.43 Å². The molecule has 4 heteroatoms. The molecule has 0 amide bonds. The SMILES string of the molecule is CC[C@]1(c2ccccc2)NC(=S)N(c2ccccc2)N1. The summed E-state index contributed by atoms with van der Waals surface area (Å²) in [5.41, 5.74) is 5.40. The molecular weight excluding hydrogens is 266 g/mol. The average molecular weight is 283 g/mol. The monoisotopic (exact) mass is 283 g/mol. The Kier molecular flexibility index (Phi) is 3.42. The molecule has 1 fully saturated rings. The van der Waals surface area contributed by atoms with Crippen LogP contribution in [0, 0.1) is 0 Å². The molecule has 3 nitrogen and oxygen atoms in total. The standard InChI is InChI=1S/C16H17N3S/c1-2-16(13-9-5-3-6-10-13)17-15(20)19(18-16)14-11-7-4-8-12-14/h3-12,18H,2H2,1H3,(H,17,20)/t16-/m0/s1. The number of hydrogen-bond donors (Lipinski definition) is 2. The van der Waals surface area contributed by atoms with Crippen molar-refractivity contribution in [3.8, 4) is 0 Å². The van der Waals surface area contributed by atoms with Gasteiger partial charge in [-0.05, 0) is 36.3 Å². The minimum Gasteiger partial charge on any atom is -0.338 e. The van der Waals surface area contributed by atoms with Crippen LogP contribution in [0.4, 0.5) is 5.69 Å². The molecule has 0 unspecified atom stereocenters. The van der Waals surface area contributed by atoms with E-state index in [9.17, 15) is 0 Å². The number of nitrogens with zero attached hydrogens (tertiary/aromatic N) is 1. The number of para-hydroxylation sites is 1. The Hall–Kier alpha value is -1.91. The van der Waals surface area contributed by atoms with E-state index < -0.39 is 0 Å². The fourth-order valence-electron chi connectivity index (χ4n) is 2.50. The van der Waals surface area contributed by atoms with Gasteiger partial charge in [0.2, 0.25) is 0 Å². The summed E-state index contributed by atoms with van der Waals surface area (Å²) in [5, 5.41) is 6.06. The second-order valence-corrected chi connectivity index (χ2v) is 5.22. The molecule has 2 aromatic rings. The highest BCUT2D eigenvalue weighted by molar-refractivity contribution is 7.80. The molecule has 0 aromatic heterocycles. The lowest BCUT2D eigenvalue weighted by Gasteiger charge is -2.29. The lowest BCUT2D eigenvalue weighted by atomic mass is 9.98. The Morgan fingerprint density at radius 3 is 2.20 bits per heavy atom. The summed E-state index contributed by atoms with van der Waals surface area (Å²) in [6.45, 7) is 2.14. The van der Waals surface area contributed by atoms with Crippen LogP contribution in [0.5, 0.6) is 0 Å². The van der Waals surface area contributed by atoms with Gasteiger partial charge in [0.25, 0.3) is 0 Å². The van der Waals surface area contributed by atoms with Gasteiger partial charge in [0.05, 0.1) is 5.69 Å². The van der Waals surface area contributed by atoms with Crippen LogP contribution in [0.15, 0.2) is 60.7 Å². The summed E-state index contributed by atoms with van der Waals surface area (Å²) >= 11 is 5.49. The molecule has 1 saturated heterocycles. The Morgan fingerprint density at radius 1 is 1.00 bits per heavy atom. The van der Waals surface area contributed by atoms with Crippen molar-refractivity contribution < 1.29 is 0 Å². The molecule has 102 valence electrons. The van der Waals surface area contributed by atoms with Gasteiger partial charge in [-0.3, -0.25) is 0 Å². The van der Waals surface area contributed by atoms with Gasteiger partial charge in [0, 0.05) is 0 Å². The van der Waals surface area contributed by atoms with E-state index in [-0.39, 0.29) is 5.66 Å². The third-order valence-electron chi connectivity index (χ3n) is 3.64. The van der Waals surface area contributed by atoms with Crippen molar-refractivity contribution in [3.05, 3.63) is 66.2 Å². The lowest BCUT2D eigenvalue weighted by Crippen LogP contribution is -2.47. The Morgan fingerprint density at radius 2 is 1.60 bits per heavy atom. The van der Waals surface area contributed by atoms with E-state index in [1.165, 1.54) is 5.56 Å². The average Bonchev–Trinajstić information content (AvgIpc) is 2.87. The van der Waals surface area contributed by atoms with Crippen LogP contribution in [0.1, 0.15) is 18.9 Å². The van der Waals surface area contributed by atoms with Crippen LogP contribution in [-0.4, -0.2) is 5.11 Å². The first-order valence-corrected chi connectivity index (χ1v) is 7.17. The maximum absolute atomic E-state index is 5.49. The van der Waals surface area contributed by atoms with Crippen LogP contribution in [0.25, 0.3) is 0 Å². The summed E-state index contributed by atoms with van der Waals surface area (Å²) in [6.07, 6.45) is 0.889. The summed E-state index contributed by atoms with van der Waals surface area (Å²) in [4.78, 5) is 0. The van der Waals surface area contributed by atoms with Crippen molar-refractivity contribution in [2.45, 2.75) is 19.0 Å². The number of hydrazine groups is 1. The predicted octanol–water partition coefficient (Wildman–Crippen LogP) is 3.15. The first kappa shape index (κ1) is 13.1.